The Morgan fingerprint density at radius 2 is 1.85 bits per heavy atom. The molecule has 0 aliphatic heterocycles. The van der Waals surface area contributed by atoms with Crippen molar-refractivity contribution in [3.63, 3.8) is 0 Å². The minimum Gasteiger partial charge on any atom is -0.387 e. The van der Waals surface area contributed by atoms with Crippen LogP contribution in [0, 0.1) is 13.8 Å². The van der Waals surface area contributed by atoms with Gasteiger partial charge in [-0.05, 0) is 42.7 Å². The highest BCUT2D eigenvalue weighted by atomic mass is 16.1. The lowest BCUT2D eigenvalue weighted by Crippen LogP contribution is -2.24. The number of hydrogen-bond donors (Lipinski definition) is 2. The summed E-state index contributed by atoms with van der Waals surface area (Å²) in [6.45, 7) is 4.60. The van der Waals surface area contributed by atoms with Gasteiger partial charge in [-0.25, -0.2) is 0 Å². The number of amides is 1. The number of carbonyl (C=O) groups excluding carboxylic acids is 1. The Labute approximate surface area is 120 Å². The molecule has 0 radical (unpaired) electrons. The van der Waals surface area contributed by atoms with Gasteiger partial charge >= 0.3 is 0 Å². The van der Waals surface area contributed by atoms with Gasteiger partial charge < -0.3 is 10.6 Å². The van der Waals surface area contributed by atoms with Crippen molar-refractivity contribution >= 4 is 11.6 Å². The second-order valence-electron chi connectivity index (χ2n) is 4.91. The summed E-state index contributed by atoms with van der Waals surface area (Å²) in [7, 11) is 1.83. The van der Waals surface area contributed by atoms with E-state index < -0.39 is 0 Å². The van der Waals surface area contributed by atoms with E-state index in [9.17, 15) is 4.79 Å². The van der Waals surface area contributed by atoms with E-state index in [0.29, 0.717) is 12.1 Å². The SMILES string of the molecule is CNc1cc(C)ccc1C(=O)NCc1ccccc1C. The lowest BCUT2D eigenvalue weighted by Gasteiger charge is -2.11. The van der Waals surface area contributed by atoms with Crippen LogP contribution in [0.15, 0.2) is 42.5 Å². The molecule has 0 saturated heterocycles. The molecule has 0 fully saturated rings. The first-order chi connectivity index (χ1) is 9.61. The summed E-state index contributed by atoms with van der Waals surface area (Å²) in [6.07, 6.45) is 0. The van der Waals surface area contributed by atoms with E-state index in [0.717, 1.165) is 16.8 Å². The molecule has 3 heteroatoms. The summed E-state index contributed by atoms with van der Waals surface area (Å²) in [5, 5.41) is 6.04. The topological polar surface area (TPSA) is 41.1 Å². The summed E-state index contributed by atoms with van der Waals surface area (Å²) in [5.41, 5.74) is 4.98. The third-order valence-electron chi connectivity index (χ3n) is 3.39. The number of benzene rings is 2. The quantitative estimate of drug-likeness (QED) is 0.893. The fourth-order valence-corrected chi connectivity index (χ4v) is 2.14. The first kappa shape index (κ1) is 14.1. The van der Waals surface area contributed by atoms with E-state index in [1.54, 1.807) is 0 Å². The van der Waals surface area contributed by atoms with Gasteiger partial charge in [-0.3, -0.25) is 4.79 Å². The lowest BCUT2D eigenvalue weighted by atomic mass is 10.1. The minimum absolute atomic E-state index is 0.0578. The van der Waals surface area contributed by atoms with Gasteiger partial charge in [-0.1, -0.05) is 30.3 Å². The summed E-state index contributed by atoms with van der Waals surface area (Å²) < 4.78 is 0. The first-order valence-corrected chi connectivity index (χ1v) is 6.73. The zero-order valence-electron chi connectivity index (χ0n) is 12.2. The molecule has 0 aromatic heterocycles. The van der Waals surface area contributed by atoms with Gasteiger partial charge in [0, 0.05) is 19.3 Å². The van der Waals surface area contributed by atoms with Gasteiger partial charge in [0.25, 0.3) is 5.91 Å². The van der Waals surface area contributed by atoms with Gasteiger partial charge in [0.15, 0.2) is 0 Å². The van der Waals surface area contributed by atoms with Crippen LogP contribution < -0.4 is 10.6 Å². The van der Waals surface area contributed by atoms with E-state index in [-0.39, 0.29) is 5.91 Å². The summed E-state index contributed by atoms with van der Waals surface area (Å²) in [5.74, 6) is -0.0578. The molecule has 0 aliphatic rings. The maximum absolute atomic E-state index is 12.3. The molecule has 104 valence electrons. The Hall–Kier alpha value is -2.29. The molecule has 1 amide bonds. The fourth-order valence-electron chi connectivity index (χ4n) is 2.14. The maximum Gasteiger partial charge on any atom is 0.253 e. The zero-order valence-corrected chi connectivity index (χ0v) is 12.2. The Morgan fingerprint density at radius 1 is 1.10 bits per heavy atom. The van der Waals surface area contributed by atoms with Gasteiger partial charge in [-0.2, -0.15) is 0 Å². The zero-order chi connectivity index (χ0) is 14.5. The van der Waals surface area contributed by atoms with Crippen LogP contribution in [0.3, 0.4) is 0 Å². The van der Waals surface area contributed by atoms with Gasteiger partial charge in [0.2, 0.25) is 0 Å². The van der Waals surface area contributed by atoms with E-state index in [4.69, 9.17) is 0 Å². The lowest BCUT2D eigenvalue weighted by molar-refractivity contribution is 0.0951. The van der Waals surface area contributed by atoms with E-state index in [1.165, 1.54) is 5.56 Å². The molecule has 0 saturated carbocycles. The average Bonchev–Trinajstić information content (AvgIpc) is 2.46. The second-order valence-corrected chi connectivity index (χ2v) is 4.91. The average molecular weight is 268 g/mol. The molecular formula is C17H20N2O. The van der Waals surface area contributed by atoms with Crippen LogP contribution in [0.2, 0.25) is 0 Å². The molecule has 20 heavy (non-hydrogen) atoms. The molecule has 0 aliphatic carbocycles. The molecule has 3 nitrogen and oxygen atoms in total. The highest BCUT2D eigenvalue weighted by Gasteiger charge is 2.10. The summed E-state index contributed by atoms with van der Waals surface area (Å²) >= 11 is 0. The van der Waals surface area contributed by atoms with Crippen LogP contribution in [0.4, 0.5) is 5.69 Å². The van der Waals surface area contributed by atoms with Gasteiger partial charge in [0.1, 0.15) is 0 Å². The number of anilines is 1. The molecule has 0 bridgehead atoms. The van der Waals surface area contributed by atoms with Crippen molar-refractivity contribution in [3.05, 3.63) is 64.7 Å². The van der Waals surface area contributed by atoms with Crippen molar-refractivity contribution in [1.29, 1.82) is 0 Å². The van der Waals surface area contributed by atoms with Crippen LogP contribution in [0.5, 0.6) is 0 Å². The molecular weight excluding hydrogens is 248 g/mol. The van der Waals surface area contributed by atoms with Gasteiger partial charge in [-0.15, -0.1) is 0 Å². The molecule has 0 unspecified atom stereocenters. The predicted molar refractivity (Wildman–Crippen MR) is 83.1 cm³/mol. The Bertz CT molecular complexity index is 620. The Kier molecular flexibility index (Phi) is 4.41. The Morgan fingerprint density at radius 3 is 2.55 bits per heavy atom. The van der Waals surface area contributed by atoms with E-state index in [1.807, 2.05) is 63.4 Å². The number of rotatable bonds is 4. The largest absolute Gasteiger partial charge is 0.387 e. The smallest absolute Gasteiger partial charge is 0.253 e. The third kappa shape index (κ3) is 3.18. The highest BCUT2D eigenvalue weighted by Crippen LogP contribution is 2.17. The summed E-state index contributed by atoms with van der Waals surface area (Å²) in [6, 6.07) is 13.8. The standard InChI is InChI=1S/C17H20N2O/c1-12-8-9-15(16(10-12)18-3)17(20)19-11-14-7-5-4-6-13(14)2/h4-10,18H,11H2,1-3H3,(H,19,20). The van der Waals surface area contributed by atoms with Crippen LogP contribution in [0.1, 0.15) is 27.0 Å². The van der Waals surface area contributed by atoms with E-state index in [2.05, 4.69) is 10.6 Å². The summed E-state index contributed by atoms with van der Waals surface area (Å²) in [4.78, 5) is 12.3. The van der Waals surface area contributed by atoms with Crippen LogP contribution >= 0.6 is 0 Å². The molecule has 2 aromatic carbocycles. The van der Waals surface area contributed by atoms with Crippen molar-refractivity contribution in [2.45, 2.75) is 20.4 Å². The van der Waals surface area contributed by atoms with Crippen LogP contribution in [0.25, 0.3) is 0 Å². The van der Waals surface area contributed by atoms with Crippen LogP contribution in [-0.2, 0) is 6.54 Å². The molecule has 2 N–H and O–H groups in total. The fraction of sp³-hybridized carbons (Fsp3) is 0.235. The maximum atomic E-state index is 12.3. The molecule has 0 heterocycles. The second kappa shape index (κ2) is 6.24. The Balaban J connectivity index is 2.11. The van der Waals surface area contributed by atoms with E-state index >= 15 is 0 Å². The number of aryl methyl sites for hydroxylation is 2. The number of carbonyl (C=O) groups is 1. The third-order valence-corrected chi connectivity index (χ3v) is 3.39. The van der Waals surface area contributed by atoms with Crippen molar-refractivity contribution in [1.82, 2.24) is 5.32 Å². The van der Waals surface area contributed by atoms with Crippen molar-refractivity contribution < 1.29 is 4.79 Å². The first-order valence-electron chi connectivity index (χ1n) is 6.73. The monoisotopic (exact) mass is 268 g/mol. The number of nitrogens with one attached hydrogen (secondary N) is 2. The van der Waals surface area contributed by atoms with Crippen LogP contribution in [-0.4, -0.2) is 13.0 Å². The van der Waals surface area contributed by atoms with Crippen molar-refractivity contribution in [2.24, 2.45) is 0 Å². The van der Waals surface area contributed by atoms with Crippen molar-refractivity contribution in [3.8, 4) is 0 Å². The molecule has 0 spiro atoms. The number of hydrogen-bond acceptors (Lipinski definition) is 2. The minimum atomic E-state index is -0.0578. The highest BCUT2D eigenvalue weighted by molar-refractivity contribution is 5.99. The van der Waals surface area contributed by atoms with Gasteiger partial charge in [0.05, 0.1) is 5.56 Å². The molecule has 2 rings (SSSR count). The van der Waals surface area contributed by atoms with Crippen molar-refractivity contribution in [2.75, 3.05) is 12.4 Å². The molecule has 0 atom stereocenters. The normalized spacial score (nSPS) is 10.2. The molecule has 2 aromatic rings. The predicted octanol–water partition coefficient (Wildman–Crippen LogP) is 3.28.